The van der Waals surface area contributed by atoms with E-state index in [9.17, 15) is 24.3 Å². The van der Waals surface area contributed by atoms with Crippen molar-refractivity contribution in [2.75, 3.05) is 19.8 Å². The standard InChI is InChI=1S/C44H57N3O7/c1-3-5-9-25-38(28-34-19-10-6-11-20-34)43(51)53-33-39(26-16-17-27-45-44(52)54-32-36-23-14-8-15-24-36)47-42(50)37(18-4-2)30-41(49)46-40(31-48)29-35-21-12-7-13-22-35/h3-4,6-8,10-15,19-24,37-40,48H,1-2,5,9,16-18,25-33H2,(H,45,52)(H,46,49)(H,47,50). The zero-order chi connectivity index (χ0) is 38.8. The molecule has 0 heterocycles. The van der Waals surface area contributed by atoms with E-state index in [0.29, 0.717) is 45.1 Å². The number of benzene rings is 3. The fraction of sp³-hybridized carbons (Fsp3) is 0.409. The number of allylic oxidation sites excluding steroid dienone is 2. The molecule has 0 fully saturated rings. The average Bonchev–Trinajstić information content (AvgIpc) is 3.19. The first-order valence-electron chi connectivity index (χ1n) is 18.9. The van der Waals surface area contributed by atoms with Crippen LogP contribution in [0.15, 0.2) is 116 Å². The average molecular weight is 740 g/mol. The zero-order valence-electron chi connectivity index (χ0n) is 31.3. The van der Waals surface area contributed by atoms with E-state index >= 15 is 0 Å². The van der Waals surface area contributed by atoms with Crippen LogP contribution >= 0.6 is 0 Å². The fourth-order valence-corrected chi connectivity index (χ4v) is 6.06. The van der Waals surface area contributed by atoms with Gasteiger partial charge in [0.15, 0.2) is 0 Å². The van der Waals surface area contributed by atoms with E-state index < -0.39 is 24.1 Å². The molecule has 4 unspecified atom stereocenters. The van der Waals surface area contributed by atoms with Gasteiger partial charge in [0.25, 0.3) is 0 Å². The Labute approximate surface area is 320 Å². The molecule has 0 spiro atoms. The summed E-state index contributed by atoms with van der Waals surface area (Å²) >= 11 is 0. The molecule has 3 aromatic rings. The lowest BCUT2D eigenvalue weighted by atomic mass is 9.94. The highest BCUT2D eigenvalue weighted by atomic mass is 16.5. The number of nitrogens with one attached hydrogen (secondary N) is 3. The second kappa shape index (κ2) is 25.7. The predicted molar refractivity (Wildman–Crippen MR) is 211 cm³/mol. The van der Waals surface area contributed by atoms with E-state index in [1.807, 2.05) is 97.1 Å². The maximum atomic E-state index is 13.7. The monoisotopic (exact) mass is 739 g/mol. The first-order chi connectivity index (χ1) is 26.3. The van der Waals surface area contributed by atoms with Gasteiger partial charge in [-0.3, -0.25) is 14.4 Å². The molecule has 0 bridgehead atoms. The molecule has 0 aliphatic rings. The summed E-state index contributed by atoms with van der Waals surface area (Å²) in [4.78, 5) is 52.5. The van der Waals surface area contributed by atoms with Gasteiger partial charge in [-0.2, -0.15) is 0 Å². The molecule has 0 aromatic heterocycles. The van der Waals surface area contributed by atoms with Crippen molar-refractivity contribution >= 4 is 23.9 Å². The van der Waals surface area contributed by atoms with Crippen LogP contribution in [0.3, 0.4) is 0 Å². The smallest absolute Gasteiger partial charge is 0.407 e. The lowest BCUT2D eigenvalue weighted by Crippen LogP contribution is -2.45. The largest absolute Gasteiger partial charge is 0.463 e. The highest BCUT2D eigenvalue weighted by Crippen LogP contribution is 2.19. The molecule has 4 atom stereocenters. The molecule has 4 N–H and O–H groups in total. The Morgan fingerprint density at radius 1 is 0.685 bits per heavy atom. The van der Waals surface area contributed by atoms with Crippen LogP contribution in [0.4, 0.5) is 4.79 Å². The maximum Gasteiger partial charge on any atom is 0.407 e. The van der Waals surface area contributed by atoms with Gasteiger partial charge < -0.3 is 30.5 Å². The minimum atomic E-state index is -0.720. The molecule has 0 aliphatic carbocycles. The third kappa shape index (κ3) is 17.5. The minimum Gasteiger partial charge on any atom is -0.463 e. The first-order valence-corrected chi connectivity index (χ1v) is 18.9. The Balaban J connectivity index is 1.61. The second-order valence-corrected chi connectivity index (χ2v) is 13.5. The molecule has 0 aliphatic heterocycles. The van der Waals surface area contributed by atoms with Crippen LogP contribution in [0.2, 0.25) is 0 Å². The van der Waals surface area contributed by atoms with Gasteiger partial charge in [0.2, 0.25) is 11.8 Å². The molecule has 10 nitrogen and oxygen atoms in total. The molecular formula is C44H57N3O7. The summed E-state index contributed by atoms with van der Waals surface area (Å²) in [5.74, 6) is -2.13. The summed E-state index contributed by atoms with van der Waals surface area (Å²) < 4.78 is 11.2. The number of ether oxygens (including phenoxy) is 2. The van der Waals surface area contributed by atoms with Crippen LogP contribution < -0.4 is 16.0 Å². The van der Waals surface area contributed by atoms with Gasteiger partial charge in [0.1, 0.15) is 13.2 Å². The quantitative estimate of drug-likeness (QED) is 0.0412. The van der Waals surface area contributed by atoms with E-state index in [2.05, 4.69) is 29.1 Å². The highest BCUT2D eigenvalue weighted by Gasteiger charge is 2.26. The van der Waals surface area contributed by atoms with E-state index in [1.54, 1.807) is 6.08 Å². The number of rotatable bonds is 26. The molecule has 10 heteroatoms. The van der Waals surface area contributed by atoms with Crippen molar-refractivity contribution in [3.8, 4) is 0 Å². The zero-order valence-corrected chi connectivity index (χ0v) is 31.3. The van der Waals surface area contributed by atoms with Crippen molar-refractivity contribution in [2.24, 2.45) is 11.8 Å². The maximum absolute atomic E-state index is 13.7. The third-order valence-electron chi connectivity index (χ3n) is 9.02. The Morgan fingerprint density at radius 3 is 1.93 bits per heavy atom. The summed E-state index contributed by atoms with van der Waals surface area (Å²) in [6.07, 6.45) is 7.95. The first kappa shape index (κ1) is 43.2. The Kier molecular flexibility index (Phi) is 20.6. The number of hydrogen-bond acceptors (Lipinski definition) is 7. The van der Waals surface area contributed by atoms with Crippen LogP contribution in [-0.2, 0) is 43.3 Å². The lowest BCUT2D eigenvalue weighted by Gasteiger charge is -2.24. The van der Waals surface area contributed by atoms with Gasteiger partial charge in [-0.25, -0.2) is 4.79 Å². The van der Waals surface area contributed by atoms with E-state index in [1.165, 1.54) is 0 Å². The van der Waals surface area contributed by atoms with Gasteiger partial charge in [-0.15, -0.1) is 13.2 Å². The SMILES string of the molecule is C=CCCCC(Cc1ccccc1)C(=O)OCC(CCCCNC(=O)OCc1ccccc1)NC(=O)C(CC=C)CC(=O)NC(CO)Cc1ccccc1. The number of carbonyl (C=O) groups excluding carboxylic acids is 4. The van der Waals surface area contributed by atoms with Crippen molar-refractivity contribution in [2.45, 2.75) is 82.9 Å². The van der Waals surface area contributed by atoms with Crippen molar-refractivity contribution < 1.29 is 33.8 Å². The Hall–Kier alpha value is -5.22. The van der Waals surface area contributed by atoms with E-state index in [4.69, 9.17) is 9.47 Å². The molecule has 3 rings (SSSR count). The van der Waals surface area contributed by atoms with Crippen molar-refractivity contribution in [3.05, 3.63) is 133 Å². The number of aliphatic hydroxyl groups excluding tert-OH is 1. The summed E-state index contributed by atoms with van der Waals surface area (Å²) in [5, 5.41) is 18.6. The third-order valence-corrected chi connectivity index (χ3v) is 9.02. The van der Waals surface area contributed by atoms with Crippen LogP contribution in [0, 0.1) is 11.8 Å². The summed E-state index contributed by atoms with van der Waals surface area (Å²) in [6, 6.07) is 27.7. The number of alkyl carbamates (subject to hydrolysis) is 1. The number of unbranched alkanes of at least 4 members (excludes halogenated alkanes) is 2. The number of aliphatic hydroxyl groups is 1. The number of hydrogen-bond donors (Lipinski definition) is 4. The molecular weight excluding hydrogens is 682 g/mol. The van der Waals surface area contributed by atoms with Crippen molar-refractivity contribution in [3.63, 3.8) is 0 Å². The molecule has 0 saturated carbocycles. The molecule has 3 amide bonds. The minimum absolute atomic E-state index is 0.0411. The van der Waals surface area contributed by atoms with Crippen molar-refractivity contribution in [1.29, 1.82) is 0 Å². The normalized spacial score (nSPS) is 13.0. The van der Waals surface area contributed by atoms with E-state index in [0.717, 1.165) is 29.5 Å². The molecule has 290 valence electrons. The number of amides is 3. The van der Waals surface area contributed by atoms with Gasteiger partial charge >= 0.3 is 12.1 Å². The van der Waals surface area contributed by atoms with Gasteiger partial charge in [-0.05, 0) is 74.5 Å². The predicted octanol–water partition coefficient (Wildman–Crippen LogP) is 6.63. The Bertz CT molecular complexity index is 1550. The summed E-state index contributed by atoms with van der Waals surface area (Å²) in [5.41, 5.74) is 2.90. The lowest BCUT2D eigenvalue weighted by molar-refractivity contribution is -0.150. The van der Waals surface area contributed by atoms with Crippen LogP contribution in [0.1, 0.15) is 68.1 Å². The van der Waals surface area contributed by atoms with Gasteiger partial charge in [0.05, 0.1) is 30.5 Å². The number of esters is 1. The molecule has 0 saturated heterocycles. The summed E-state index contributed by atoms with van der Waals surface area (Å²) in [6.45, 7) is 7.84. The molecule has 54 heavy (non-hydrogen) atoms. The van der Waals surface area contributed by atoms with Gasteiger partial charge in [0, 0.05) is 13.0 Å². The second-order valence-electron chi connectivity index (χ2n) is 13.5. The fourth-order valence-electron chi connectivity index (χ4n) is 6.06. The summed E-state index contributed by atoms with van der Waals surface area (Å²) in [7, 11) is 0. The topological polar surface area (TPSA) is 143 Å². The highest BCUT2D eigenvalue weighted by molar-refractivity contribution is 5.86. The van der Waals surface area contributed by atoms with E-state index in [-0.39, 0.29) is 56.4 Å². The number of carbonyl (C=O) groups is 4. The van der Waals surface area contributed by atoms with Crippen molar-refractivity contribution in [1.82, 2.24) is 16.0 Å². The molecule has 0 radical (unpaired) electrons. The van der Waals surface area contributed by atoms with Crippen LogP contribution in [0.5, 0.6) is 0 Å². The van der Waals surface area contributed by atoms with Gasteiger partial charge in [-0.1, -0.05) is 103 Å². The van der Waals surface area contributed by atoms with Crippen LogP contribution in [-0.4, -0.2) is 60.8 Å². The van der Waals surface area contributed by atoms with Crippen LogP contribution in [0.25, 0.3) is 0 Å². The molecule has 3 aromatic carbocycles. The Morgan fingerprint density at radius 2 is 1.31 bits per heavy atom.